The van der Waals surface area contributed by atoms with E-state index < -0.39 is 18.1 Å². The van der Waals surface area contributed by atoms with Gasteiger partial charge >= 0.3 is 196 Å². The van der Waals surface area contributed by atoms with Crippen LogP contribution in [0.3, 0.4) is 0 Å². The van der Waals surface area contributed by atoms with Crippen LogP contribution in [0.2, 0.25) is 0 Å². The zero-order valence-electron chi connectivity index (χ0n) is 7.09. The van der Waals surface area contributed by atoms with Crippen molar-refractivity contribution < 1.29 is 38.4 Å². The standard InChI is InChI=1S/4Ba.2O4Si/c;;;;2*1-5(2,3)4/q4*+2;2*-4. The molecule has 0 aromatic carbocycles. The maximum Gasteiger partial charge on any atom is 2.00 e. The first-order valence-corrected chi connectivity index (χ1v) is 4.90. The summed E-state index contributed by atoms with van der Waals surface area (Å²) >= 11 is 0. The summed E-state index contributed by atoms with van der Waals surface area (Å²) in [7, 11) is -11.2. The molecule has 0 unspecified atom stereocenters. The van der Waals surface area contributed by atoms with Crippen LogP contribution in [-0.2, 0) is 0 Å². The van der Waals surface area contributed by atoms with Crippen LogP contribution in [-0.4, -0.2) is 214 Å². The predicted molar refractivity (Wildman–Crippen MR) is 34.5 cm³/mol. The monoisotopic (exact) mass is 736 g/mol. The summed E-state index contributed by atoms with van der Waals surface area (Å²) in [5.41, 5.74) is 0. The Morgan fingerprint density at radius 1 is 0.357 bits per heavy atom. The van der Waals surface area contributed by atoms with Crippen LogP contribution in [0.5, 0.6) is 0 Å². The maximum atomic E-state index is 8.58. The molecule has 0 aliphatic rings. The summed E-state index contributed by atoms with van der Waals surface area (Å²) in [5.74, 6) is 0. The topological polar surface area (TPSA) is 184 Å². The zero-order valence-corrected chi connectivity index (χ0v) is 26.9. The normalized spacial score (nSPS) is 8.57. The Morgan fingerprint density at radius 2 is 0.357 bits per heavy atom. The molecule has 0 aliphatic carbocycles. The second kappa shape index (κ2) is 19.4. The molecular weight excluding hydrogens is 733 g/mol. The molecule has 14 heteroatoms. The average molecular weight is 733 g/mol. The van der Waals surface area contributed by atoms with Crippen molar-refractivity contribution in [3.05, 3.63) is 0 Å². The van der Waals surface area contributed by atoms with Crippen LogP contribution >= 0.6 is 0 Å². The molecule has 0 aromatic heterocycles. The average Bonchev–Trinajstić information content (AvgIpc) is 1.12. The molecule has 0 N–H and O–H groups in total. The van der Waals surface area contributed by atoms with E-state index in [-0.39, 0.29) is 196 Å². The zero-order chi connectivity index (χ0) is 9.00. The third kappa shape index (κ3) is 136. The first-order chi connectivity index (χ1) is 4.00. The Morgan fingerprint density at radius 3 is 0.357 bits per heavy atom. The van der Waals surface area contributed by atoms with Gasteiger partial charge in [0, 0.05) is 0 Å². The van der Waals surface area contributed by atoms with E-state index in [1.807, 2.05) is 0 Å². The molecule has 0 radical (unpaired) electrons. The van der Waals surface area contributed by atoms with Crippen LogP contribution in [0, 0.1) is 0 Å². The van der Waals surface area contributed by atoms with Gasteiger partial charge in [-0.3, -0.25) is 0 Å². The molecule has 0 saturated heterocycles. The minimum atomic E-state index is -5.61. The summed E-state index contributed by atoms with van der Waals surface area (Å²) in [6.45, 7) is 0. The Balaban J connectivity index is -0.0000000178. The van der Waals surface area contributed by atoms with E-state index in [4.69, 9.17) is 38.4 Å². The fourth-order valence-electron chi connectivity index (χ4n) is 0. The van der Waals surface area contributed by atoms with Crippen molar-refractivity contribution in [3.8, 4) is 0 Å². The molecule has 0 spiro atoms. The first kappa shape index (κ1) is 37.0. The molecule has 0 aromatic rings. The predicted octanol–water partition coefficient (Wildman–Crippen LogP) is -11.8. The van der Waals surface area contributed by atoms with Gasteiger partial charge in [-0.2, -0.15) is 0 Å². The second-order valence-corrected chi connectivity index (χ2v) is 3.00. The Bertz CT molecular complexity index is 62.3. The van der Waals surface area contributed by atoms with E-state index >= 15 is 0 Å². The van der Waals surface area contributed by atoms with Crippen LogP contribution in [0.15, 0.2) is 0 Å². The van der Waals surface area contributed by atoms with E-state index in [9.17, 15) is 0 Å². The van der Waals surface area contributed by atoms with Crippen LogP contribution < -0.4 is 38.4 Å². The van der Waals surface area contributed by atoms with Gasteiger partial charge in [0.2, 0.25) is 0 Å². The third-order valence-corrected chi connectivity index (χ3v) is 0. The van der Waals surface area contributed by atoms with Crippen LogP contribution in [0.4, 0.5) is 0 Å². The van der Waals surface area contributed by atoms with E-state index in [2.05, 4.69) is 0 Å². The third-order valence-electron chi connectivity index (χ3n) is 0. The molecule has 0 amide bonds. The smallest absolute Gasteiger partial charge is 0.894 e. The van der Waals surface area contributed by atoms with Crippen molar-refractivity contribution in [3.63, 3.8) is 0 Å². The molecule has 0 aliphatic heterocycles. The van der Waals surface area contributed by atoms with Crippen molar-refractivity contribution in [1.29, 1.82) is 0 Å². The van der Waals surface area contributed by atoms with E-state index in [1.54, 1.807) is 0 Å². The molecular formula is Ba4O8Si2. The van der Waals surface area contributed by atoms with Gasteiger partial charge in [0.05, 0.1) is 0 Å². The van der Waals surface area contributed by atoms with Gasteiger partial charge in [-0.05, 0) is 0 Å². The molecule has 0 rings (SSSR count). The minimum Gasteiger partial charge on any atom is -0.894 e. The second-order valence-electron chi connectivity index (χ2n) is 1.00. The molecule has 0 heterocycles. The summed E-state index contributed by atoms with van der Waals surface area (Å²) < 4.78 is 0. The van der Waals surface area contributed by atoms with Gasteiger partial charge in [-0.25, -0.2) is 0 Å². The molecule has 0 saturated carbocycles. The fraction of sp³-hybridized carbons (Fsp3) is 0. The largest absolute Gasteiger partial charge is 2.00 e. The number of hydrogen-bond donors (Lipinski definition) is 0. The van der Waals surface area contributed by atoms with E-state index in [1.165, 1.54) is 0 Å². The fourth-order valence-corrected chi connectivity index (χ4v) is 0. The Labute approximate surface area is 244 Å². The van der Waals surface area contributed by atoms with Crippen molar-refractivity contribution in [2.45, 2.75) is 0 Å². The molecule has 14 heavy (non-hydrogen) atoms. The van der Waals surface area contributed by atoms with Gasteiger partial charge in [0.1, 0.15) is 0 Å². The maximum absolute atomic E-state index is 8.58. The van der Waals surface area contributed by atoms with Crippen molar-refractivity contribution >= 4 is 214 Å². The summed E-state index contributed by atoms with van der Waals surface area (Å²) in [6.07, 6.45) is 0. The number of rotatable bonds is 0. The summed E-state index contributed by atoms with van der Waals surface area (Å²) in [5, 5.41) is 0. The minimum absolute atomic E-state index is 0. The SMILES string of the molecule is [Ba+2].[Ba+2].[Ba+2].[Ba+2].[O-][Si]([O-])([O-])[O-].[O-][Si]([O-])([O-])[O-]. The van der Waals surface area contributed by atoms with Crippen molar-refractivity contribution in [2.75, 3.05) is 0 Å². The van der Waals surface area contributed by atoms with Gasteiger partial charge in [0.15, 0.2) is 0 Å². The van der Waals surface area contributed by atoms with Gasteiger partial charge in [0.25, 0.3) is 0 Å². The van der Waals surface area contributed by atoms with Gasteiger partial charge < -0.3 is 56.5 Å². The summed E-state index contributed by atoms with van der Waals surface area (Å²) in [6, 6.07) is 0. The number of hydrogen-bond acceptors (Lipinski definition) is 8. The molecule has 8 nitrogen and oxygen atoms in total. The Kier molecular flexibility index (Phi) is 51.3. The molecule has 64 valence electrons. The Hall–Kier alpha value is 6.40. The van der Waals surface area contributed by atoms with Crippen LogP contribution in [0.25, 0.3) is 0 Å². The van der Waals surface area contributed by atoms with Crippen LogP contribution in [0.1, 0.15) is 0 Å². The van der Waals surface area contributed by atoms with E-state index in [0.717, 1.165) is 0 Å². The molecule has 0 atom stereocenters. The quantitative estimate of drug-likeness (QED) is 0.220. The summed E-state index contributed by atoms with van der Waals surface area (Å²) in [4.78, 5) is 68.6. The van der Waals surface area contributed by atoms with Gasteiger partial charge in [-0.1, -0.05) is 0 Å². The van der Waals surface area contributed by atoms with Crippen molar-refractivity contribution in [2.24, 2.45) is 0 Å². The van der Waals surface area contributed by atoms with Crippen molar-refractivity contribution in [1.82, 2.24) is 0 Å². The first-order valence-electron chi connectivity index (χ1n) is 1.63. The molecule has 0 bridgehead atoms. The van der Waals surface area contributed by atoms with E-state index in [0.29, 0.717) is 0 Å². The van der Waals surface area contributed by atoms with Gasteiger partial charge in [-0.15, -0.1) is 0 Å². The molecule has 0 fully saturated rings.